The summed E-state index contributed by atoms with van der Waals surface area (Å²) in [6.45, 7) is 0. The van der Waals surface area contributed by atoms with Gasteiger partial charge in [0.2, 0.25) is 5.82 Å². The van der Waals surface area contributed by atoms with Gasteiger partial charge in [-0.2, -0.15) is 0 Å². The lowest BCUT2D eigenvalue weighted by molar-refractivity contribution is 0.234. The number of hydroxylamine groups is 1. The number of benzene rings is 1. The first kappa shape index (κ1) is 19.6. The Hall–Kier alpha value is -2.11. The van der Waals surface area contributed by atoms with E-state index in [9.17, 15) is 9.60 Å². The summed E-state index contributed by atoms with van der Waals surface area (Å²) in [5.41, 5.74) is 2.47. The molecule has 0 spiro atoms. The molecular formula is C16H18BrFN6O2S. The van der Waals surface area contributed by atoms with Gasteiger partial charge in [0.1, 0.15) is 5.82 Å². The van der Waals surface area contributed by atoms with Gasteiger partial charge in [0.05, 0.1) is 10.2 Å². The number of hydrogen-bond acceptors (Lipinski definition) is 6. The van der Waals surface area contributed by atoms with Crippen molar-refractivity contribution < 1.29 is 14.2 Å². The van der Waals surface area contributed by atoms with Crippen LogP contribution in [0.3, 0.4) is 0 Å². The molecule has 0 bridgehead atoms. The van der Waals surface area contributed by atoms with Crippen molar-refractivity contribution in [1.29, 1.82) is 0 Å². The fraction of sp³-hybridized carbons (Fsp3) is 0.375. The molecule has 1 aliphatic rings. The minimum atomic E-state index is -0.419. The summed E-state index contributed by atoms with van der Waals surface area (Å²) >= 11 is 8.41. The van der Waals surface area contributed by atoms with Gasteiger partial charge in [-0.1, -0.05) is 19.3 Å². The summed E-state index contributed by atoms with van der Waals surface area (Å²) in [5, 5.41) is 23.5. The van der Waals surface area contributed by atoms with Crippen LogP contribution >= 0.6 is 28.1 Å². The number of amidine groups is 1. The van der Waals surface area contributed by atoms with Crippen molar-refractivity contribution >= 4 is 50.6 Å². The van der Waals surface area contributed by atoms with Crippen molar-refractivity contribution in [3.8, 4) is 0 Å². The average molecular weight is 457 g/mol. The zero-order valence-electron chi connectivity index (χ0n) is 14.2. The normalized spacial score (nSPS) is 15.4. The van der Waals surface area contributed by atoms with Gasteiger partial charge in [-0.25, -0.2) is 14.0 Å². The summed E-state index contributed by atoms with van der Waals surface area (Å²) in [4.78, 5) is 4.20. The number of anilines is 1. The van der Waals surface area contributed by atoms with Gasteiger partial charge in [-0.3, -0.25) is 10.7 Å². The maximum absolute atomic E-state index is 13.4. The summed E-state index contributed by atoms with van der Waals surface area (Å²) in [7, 11) is 0. The highest BCUT2D eigenvalue weighted by molar-refractivity contribution is 9.10. The lowest BCUT2D eigenvalue weighted by Crippen LogP contribution is -2.39. The predicted molar refractivity (Wildman–Crippen MR) is 106 cm³/mol. The first-order valence-corrected chi connectivity index (χ1v) is 9.61. The van der Waals surface area contributed by atoms with E-state index in [1.165, 1.54) is 37.5 Å². The molecule has 0 unspecified atom stereocenters. The molecule has 27 heavy (non-hydrogen) atoms. The van der Waals surface area contributed by atoms with E-state index in [-0.39, 0.29) is 21.8 Å². The molecule has 4 N–H and O–H groups in total. The lowest BCUT2D eigenvalue weighted by atomic mass is 9.96. The topological polar surface area (TPSA) is 108 Å². The fourth-order valence-electron chi connectivity index (χ4n) is 2.82. The Morgan fingerprint density at radius 3 is 2.78 bits per heavy atom. The molecule has 144 valence electrons. The SMILES string of the molecule is ONC(=Nc1ccc(F)c(Br)c1)c1nonc1NC(=S)NC1CCCCC1. The van der Waals surface area contributed by atoms with Gasteiger partial charge in [0.25, 0.3) is 0 Å². The van der Waals surface area contributed by atoms with Crippen LogP contribution in [0.4, 0.5) is 15.9 Å². The Morgan fingerprint density at radius 1 is 1.30 bits per heavy atom. The fourth-order valence-corrected chi connectivity index (χ4v) is 3.45. The van der Waals surface area contributed by atoms with Crippen LogP contribution in [0.2, 0.25) is 0 Å². The van der Waals surface area contributed by atoms with Crippen LogP contribution in [0.25, 0.3) is 0 Å². The molecule has 1 aliphatic carbocycles. The van der Waals surface area contributed by atoms with Crippen molar-refractivity contribution in [3.05, 3.63) is 34.2 Å². The second kappa shape index (κ2) is 9.20. The third-order valence-corrected chi connectivity index (χ3v) is 4.96. The molecule has 2 aromatic rings. The summed E-state index contributed by atoms with van der Waals surface area (Å²) in [6.07, 6.45) is 5.73. The van der Waals surface area contributed by atoms with E-state index in [2.05, 4.69) is 41.9 Å². The highest BCUT2D eigenvalue weighted by Gasteiger charge is 2.19. The van der Waals surface area contributed by atoms with Crippen molar-refractivity contribution in [2.24, 2.45) is 4.99 Å². The number of aromatic nitrogens is 2. The predicted octanol–water partition coefficient (Wildman–Crippen LogP) is 3.65. The van der Waals surface area contributed by atoms with E-state index in [4.69, 9.17) is 16.8 Å². The van der Waals surface area contributed by atoms with E-state index in [0.29, 0.717) is 16.8 Å². The molecule has 11 heteroatoms. The van der Waals surface area contributed by atoms with Gasteiger partial charge in [0.15, 0.2) is 16.6 Å². The summed E-state index contributed by atoms with van der Waals surface area (Å²) in [6, 6.07) is 4.49. The molecule has 1 heterocycles. The minimum Gasteiger partial charge on any atom is -0.360 e. The smallest absolute Gasteiger partial charge is 0.208 e. The molecule has 0 aliphatic heterocycles. The van der Waals surface area contributed by atoms with E-state index >= 15 is 0 Å². The number of nitrogens with zero attached hydrogens (tertiary/aromatic N) is 3. The Morgan fingerprint density at radius 2 is 2.07 bits per heavy atom. The van der Waals surface area contributed by atoms with Crippen LogP contribution in [-0.2, 0) is 0 Å². The number of thiocarbonyl (C=S) groups is 1. The van der Waals surface area contributed by atoms with Crippen LogP contribution in [0, 0.1) is 5.82 Å². The number of hydrogen-bond donors (Lipinski definition) is 4. The van der Waals surface area contributed by atoms with Crippen LogP contribution in [0.1, 0.15) is 37.8 Å². The quantitative estimate of drug-likeness (QED) is 0.239. The van der Waals surface area contributed by atoms with Crippen molar-refractivity contribution in [3.63, 3.8) is 0 Å². The monoisotopic (exact) mass is 456 g/mol. The van der Waals surface area contributed by atoms with Crippen LogP contribution in [0.5, 0.6) is 0 Å². The van der Waals surface area contributed by atoms with E-state index in [0.717, 1.165) is 12.8 Å². The molecule has 0 radical (unpaired) electrons. The molecular weight excluding hydrogens is 439 g/mol. The standard InChI is InChI=1S/C16H18BrFN6O2S/c17-11-8-10(6-7-12(11)18)19-14(22-25)13-15(24-26-23-13)21-16(27)20-9-4-2-1-3-5-9/h6-9,25H,1-5H2,(H,19,22)(H2,20,21,24,27). The Kier molecular flexibility index (Phi) is 6.69. The molecule has 1 fully saturated rings. The average Bonchev–Trinajstić information content (AvgIpc) is 3.11. The van der Waals surface area contributed by atoms with Crippen LogP contribution in [0.15, 0.2) is 32.3 Å². The highest BCUT2D eigenvalue weighted by atomic mass is 79.9. The Balaban J connectivity index is 1.74. The second-order valence-electron chi connectivity index (χ2n) is 6.07. The third kappa shape index (κ3) is 5.21. The zero-order valence-corrected chi connectivity index (χ0v) is 16.6. The molecule has 1 saturated carbocycles. The maximum Gasteiger partial charge on any atom is 0.208 e. The van der Waals surface area contributed by atoms with Crippen LogP contribution in [-0.4, -0.2) is 32.5 Å². The first-order chi connectivity index (χ1) is 13.1. The molecule has 1 aromatic heterocycles. The lowest BCUT2D eigenvalue weighted by Gasteiger charge is -2.24. The van der Waals surface area contributed by atoms with Gasteiger partial charge in [-0.05, 0) is 69.5 Å². The Labute approximate surface area is 168 Å². The van der Waals surface area contributed by atoms with Crippen molar-refractivity contribution in [2.45, 2.75) is 38.1 Å². The third-order valence-electron chi connectivity index (χ3n) is 4.14. The molecule has 0 atom stereocenters. The van der Waals surface area contributed by atoms with E-state index in [1.54, 1.807) is 0 Å². The minimum absolute atomic E-state index is 0.0299. The summed E-state index contributed by atoms with van der Waals surface area (Å²) in [5.74, 6) is -0.250. The first-order valence-electron chi connectivity index (χ1n) is 8.41. The molecule has 1 aromatic carbocycles. The van der Waals surface area contributed by atoms with Gasteiger partial charge < -0.3 is 10.6 Å². The zero-order chi connectivity index (χ0) is 19.2. The Bertz CT molecular complexity index is 840. The number of aliphatic imine (C=N–C) groups is 1. The van der Waals surface area contributed by atoms with Crippen LogP contribution < -0.4 is 16.1 Å². The number of nitrogens with one attached hydrogen (secondary N) is 3. The number of rotatable bonds is 4. The van der Waals surface area contributed by atoms with Gasteiger partial charge >= 0.3 is 0 Å². The highest BCUT2D eigenvalue weighted by Crippen LogP contribution is 2.23. The maximum atomic E-state index is 13.4. The largest absolute Gasteiger partial charge is 0.360 e. The number of halogens is 2. The van der Waals surface area contributed by atoms with Gasteiger partial charge in [0, 0.05) is 6.04 Å². The van der Waals surface area contributed by atoms with Crippen molar-refractivity contribution in [1.82, 2.24) is 21.1 Å². The molecule has 8 nitrogen and oxygen atoms in total. The summed E-state index contributed by atoms with van der Waals surface area (Å²) < 4.78 is 18.4. The van der Waals surface area contributed by atoms with Crippen molar-refractivity contribution in [2.75, 3.05) is 5.32 Å². The second-order valence-corrected chi connectivity index (χ2v) is 7.33. The van der Waals surface area contributed by atoms with E-state index < -0.39 is 5.82 Å². The molecule has 0 amide bonds. The van der Waals surface area contributed by atoms with E-state index in [1.807, 2.05) is 5.48 Å². The molecule has 3 rings (SSSR count). The van der Waals surface area contributed by atoms with Gasteiger partial charge in [-0.15, -0.1) is 0 Å². The molecule has 0 saturated heterocycles.